The van der Waals surface area contributed by atoms with Crippen LogP contribution in [0.4, 0.5) is 5.69 Å². The Morgan fingerprint density at radius 2 is 2.07 bits per heavy atom. The van der Waals surface area contributed by atoms with E-state index in [-0.39, 0.29) is 18.5 Å². The molecular weight excluding hydrogens is 434 g/mol. The van der Waals surface area contributed by atoms with Crippen LogP contribution in [0.15, 0.2) is 33.9 Å². The van der Waals surface area contributed by atoms with E-state index in [1.54, 1.807) is 29.6 Å². The summed E-state index contributed by atoms with van der Waals surface area (Å²) in [6.45, 7) is 3.37. The summed E-state index contributed by atoms with van der Waals surface area (Å²) in [7, 11) is -1.94. The van der Waals surface area contributed by atoms with Crippen molar-refractivity contribution in [1.29, 1.82) is 0 Å². The minimum Gasteiger partial charge on any atom is -0.495 e. The summed E-state index contributed by atoms with van der Waals surface area (Å²) in [6.07, 6.45) is 1.31. The highest BCUT2D eigenvalue weighted by Gasteiger charge is 2.26. The number of ether oxygens (including phenoxy) is 1. The van der Waals surface area contributed by atoms with Gasteiger partial charge in [-0.3, -0.25) is 9.69 Å². The highest BCUT2D eigenvalue weighted by molar-refractivity contribution is 7.91. The molecule has 0 bridgehead atoms. The van der Waals surface area contributed by atoms with Gasteiger partial charge in [-0.05, 0) is 42.8 Å². The van der Waals surface area contributed by atoms with Gasteiger partial charge in [0.2, 0.25) is 15.9 Å². The van der Waals surface area contributed by atoms with Gasteiger partial charge in [-0.25, -0.2) is 13.1 Å². The lowest BCUT2D eigenvalue weighted by Crippen LogP contribution is -2.46. The van der Waals surface area contributed by atoms with Crippen molar-refractivity contribution in [2.75, 3.05) is 32.1 Å². The molecule has 1 amide bonds. The van der Waals surface area contributed by atoms with Crippen molar-refractivity contribution >= 4 is 44.6 Å². The molecule has 0 aliphatic carbocycles. The summed E-state index contributed by atoms with van der Waals surface area (Å²) in [5.41, 5.74) is 1.43. The number of halogens is 1. The van der Waals surface area contributed by atoms with Crippen LogP contribution in [0.5, 0.6) is 5.75 Å². The molecule has 1 aromatic heterocycles. The topological polar surface area (TPSA) is 87.7 Å². The lowest BCUT2D eigenvalue weighted by Gasteiger charge is -2.31. The second-order valence-corrected chi connectivity index (χ2v) is 10.2. The van der Waals surface area contributed by atoms with E-state index in [1.807, 2.05) is 11.8 Å². The van der Waals surface area contributed by atoms with Crippen LogP contribution in [0.2, 0.25) is 5.02 Å². The number of hydrogen-bond acceptors (Lipinski definition) is 6. The van der Waals surface area contributed by atoms with Gasteiger partial charge < -0.3 is 10.1 Å². The summed E-state index contributed by atoms with van der Waals surface area (Å²) in [5.74, 6) is 0.360. The fourth-order valence-corrected chi connectivity index (χ4v) is 5.69. The Morgan fingerprint density at radius 3 is 2.69 bits per heavy atom. The van der Waals surface area contributed by atoms with Gasteiger partial charge in [0.05, 0.1) is 19.3 Å². The van der Waals surface area contributed by atoms with Gasteiger partial charge in [-0.1, -0.05) is 17.7 Å². The highest BCUT2D eigenvalue weighted by atomic mass is 35.5. The lowest BCUT2D eigenvalue weighted by atomic mass is 10.1. The van der Waals surface area contributed by atoms with Crippen LogP contribution in [-0.2, 0) is 14.8 Å². The molecule has 0 saturated carbocycles. The van der Waals surface area contributed by atoms with Gasteiger partial charge >= 0.3 is 0 Å². The molecule has 0 radical (unpaired) electrons. The highest BCUT2D eigenvalue weighted by Crippen LogP contribution is 2.31. The Hall–Kier alpha value is -1.65. The van der Waals surface area contributed by atoms with E-state index in [0.29, 0.717) is 46.6 Å². The van der Waals surface area contributed by atoms with E-state index in [2.05, 4.69) is 10.0 Å². The maximum atomic E-state index is 12.5. The monoisotopic (exact) mass is 457 g/mol. The number of carbonyl (C=O) groups is 1. The van der Waals surface area contributed by atoms with Gasteiger partial charge in [-0.2, -0.15) is 0 Å². The number of rotatable bonds is 7. The summed E-state index contributed by atoms with van der Waals surface area (Å²) in [6, 6.07) is 6.65. The Bertz CT molecular complexity index is 956. The molecule has 1 aliphatic heterocycles. The van der Waals surface area contributed by atoms with Crippen LogP contribution in [0.1, 0.15) is 18.4 Å². The molecule has 0 spiro atoms. The Labute approximate surface area is 180 Å². The van der Waals surface area contributed by atoms with Crippen molar-refractivity contribution in [1.82, 2.24) is 9.62 Å². The van der Waals surface area contributed by atoms with Crippen LogP contribution in [0, 0.1) is 6.92 Å². The van der Waals surface area contributed by atoms with Crippen LogP contribution >= 0.6 is 22.9 Å². The second kappa shape index (κ2) is 9.44. The molecule has 2 aromatic rings. The Morgan fingerprint density at radius 1 is 1.34 bits per heavy atom. The zero-order chi connectivity index (χ0) is 21.0. The zero-order valence-electron chi connectivity index (χ0n) is 16.3. The molecule has 1 aromatic carbocycles. The number of methoxy groups -OCH3 is 1. The maximum absolute atomic E-state index is 12.5. The number of amides is 1. The SMILES string of the molecule is COc1cc(Cl)c(C)cc1NC(=O)CN1CCC(NS(=O)(=O)c2cccs2)CC1. The first-order chi connectivity index (χ1) is 13.8. The van der Waals surface area contributed by atoms with Crippen molar-refractivity contribution in [3.8, 4) is 5.75 Å². The largest absolute Gasteiger partial charge is 0.495 e. The number of piperidine rings is 1. The average Bonchev–Trinajstić information content (AvgIpc) is 3.22. The molecule has 29 heavy (non-hydrogen) atoms. The van der Waals surface area contributed by atoms with Crippen LogP contribution < -0.4 is 14.8 Å². The summed E-state index contributed by atoms with van der Waals surface area (Å²) >= 11 is 7.30. The number of likely N-dealkylation sites (tertiary alicyclic amines) is 1. The Kier molecular flexibility index (Phi) is 7.18. The van der Waals surface area contributed by atoms with E-state index >= 15 is 0 Å². The number of benzene rings is 1. The van der Waals surface area contributed by atoms with Gasteiger partial charge in [0.1, 0.15) is 9.96 Å². The first-order valence-electron chi connectivity index (χ1n) is 9.20. The van der Waals surface area contributed by atoms with Gasteiger partial charge in [-0.15, -0.1) is 11.3 Å². The van der Waals surface area contributed by atoms with Gasteiger partial charge in [0.25, 0.3) is 0 Å². The number of aryl methyl sites for hydroxylation is 1. The third kappa shape index (κ3) is 5.70. The molecule has 3 rings (SSSR count). The van der Waals surface area contributed by atoms with E-state index in [0.717, 1.165) is 5.56 Å². The van der Waals surface area contributed by atoms with E-state index in [4.69, 9.17) is 16.3 Å². The number of carbonyl (C=O) groups excluding carboxylic acids is 1. The number of thiophene rings is 1. The standard InChI is InChI=1S/C19H24ClN3O4S2/c1-13-10-16(17(27-2)11-15(13)20)21-18(24)12-23-7-5-14(6-8-23)22-29(25,26)19-4-3-9-28-19/h3-4,9-11,14,22H,5-8,12H2,1-2H3,(H,21,24). The predicted octanol–water partition coefficient (Wildman–Crippen LogP) is 3.10. The molecule has 1 fully saturated rings. The number of nitrogens with zero attached hydrogens (tertiary/aromatic N) is 1. The third-order valence-corrected chi connectivity index (χ3v) is 8.12. The molecule has 0 unspecified atom stereocenters. The normalized spacial score (nSPS) is 16.0. The van der Waals surface area contributed by atoms with Crippen molar-refractivity contribution in [3.63, 3.8) is 0 Å². The second-order valence-electron chi connectivity index (χ2n) is 6.95. The number of anilines is 1. The van der Waals surface area contributed by atoms with E-state index in [9.17, 15) is 13.2 Å². The number of sulfonamides is 1. The number of hydrogen-bond donors (Lipinski definition) is 2. The van der Waals surface area contributed by atoms with Crippen molar-refractivity contribution in [2.45, 2.75) is 30.0 Å². The minimum atomic E-state index is -3.47. The Balaban J connectivity index is 1.51. The van der Waals surface area contributed by atoms with Gasteiger partial charge in [0.15, 0.2) is 0 Å². The average molecular weight is 458 g/mol. The summed E-state index contributed by atoms with van der Waals surface area (Å²) in [4.78, 5) is 14.5. The summed E-state index contributed by atoms with van der Waals surface area (Å²) in [5, 5.41) is 5.19. The minimum absolute atomic E-state index is 0.125. The van der Waals surface area contributed by atoms with Crippen LogP contribution in [0.25, 0.3) is 0 Å². The van der Waals surface area contributed by atoms with Crippen molar-refractivity contribution < 1.29 is 17.9 Å². The number of nitrogens with one attached hydrogen (secondary N) is 2. The fourth-order valence-electron chi connectivity index (χ4n) is 3.23. The molecule has 7 nitrogen and oxygen atoms in total. The predicted molar refractivity (Wildman–Crippen MR) is 115 cm³/mol. The first kappa shape index (κ1) is 22.0. The lowest BCUT2D eigenvalue weighted by molar-refractivity contribution is -0.117. The molecule has 10 heteroatoms. The molecule has 0 atom stereocenters. The quantitative estimate of drug-likeness (QED) is 0.667. The van der Waals surface area contributed by atoms with Crippen LogP contribution in [-0.4, -0.2) is 52.0 Å². The zero-order valence-corrected chi connectivity index (χ0v) is 18.7. The van der Waals surface area contributed by atoms with Gasteiger partial charge in [0, 0.05) is 30.2 Å². The fraction of sp³-hybridized carbons (Fsp3) is 0.421. The third-order valence-electron chi connectivity index (χ3n) is 4.79. The first-order valence-corrected chi connectivity index (χ1v) is 11.9. The summed E-state index contributed by atoms with van der Waals surface area (Å²) < 4.78 is 33.0. The van der Waals surface area contributed by atoms with E-state index in [1.165, 1.54) is 18.4 Å². The van der Waals surface area contributed by atoms with Crippen molar-refractivity contribution in [3.05, 3.63) is 40.2 Å². The van der Waals surface area contributed by atoms with E-state index < -0.39 is 10.0 Å². The molecule has 158 valence electrons. The van der Waals surface area contributed by atoms with Crippen molar-refractivity contribution in [2.24, 2.45) is 0 Å². The smallest absolute Gasteiger partial charge is 0.250 e. The molecular formula is C19H24ClN3O4S2. The molecule has 2 N–H and O–H groups in total. The van der Waals surface area contributed by atoms with Crippen LogP contribution in [0.3, 0.4) is 0 Å². The molecule has 1 saturated heterocycles. The maximum Gasteiger partial charge on any atom is 0.250 e. The molecule has 1 aliphatic rings. The molecule has 2 heterocycles.